The summed E-state index contributed by atoms with van der Waals surface area (Å²) in [4.78, 5) is 48.3. The number of aliphatic hydroxyl groups is 3. The van der Waals surface area contributed by atoms with E-state index in [0.717, 1.165) is 16.9 Å². The van der Waals surface area contributed by atoms with E-state index in [0.29, 0.717) is 17.7 Å². The highest BCUT2D eigenvalue weighted by atomic mass is 32.2. The molecular formula is C27H35N3O9S2. The Balaban J connectivity index is 1.72. The molecular weight excluding hydrogens is 574 g/mol. The molecule has 12 nitrogen and oxygen atoms in total. The molecule has 6 atom stereocenters. The van der Waals surface area contributed by atoms with E-state index < -0.39 is 66.9 Å². The number of rotatable bonds is 14. The van der Waals surface area contributed by atoms with Gasteiger partial charge in [-0.05, 0) is 58.0 Å². The SMILES string of the molecule is CCSCCCOC1(C(=O)N=O)CC(O)C(NC(C)=O)C(C(O)C(O)CNC(=O)c2ccc(-c3ccsc3)cc2)O1. The first-order valence-corrected chi connectivity index (χ1v) is 15.2. The molecule has 0 bridgehead atoms. The molecule has 5 N–H and O–H groups in total. The summed E-state index contributed by atoms with van der Waals surface area (Å²) in [6, 6.07) is 7.51. The first kappa shape index (κ1) is 32.8. The van der Waals surface area contributed by atoms with Gasteiger partial charge in [-0.15, -0.1) is 4.91 Å². The van der Waals surface area contributed by atoms with E-state index in [-0.39, 0.29) is 6.61 Å². The molecule has 0 radical (unpaired) electrons. The minimum absolute atomic E-state index is 0.0155. The Morgan fingerprint density at radius 2 is 1.95 bits per heavy atom. The van der Waals surface area contributed by atoms with Gasteiger partial charge in [-0.3, -0.25) is 14.4 Å². The van der Waals surface area contributed by atoms with Crippen molar-refractivity contribution in [1.82, 2.24) is 10.6 Å². The van der Waals surface area contributed by atoms with Crippen LogP contribution in [0.25, 0.3) is 11.1 Å². The second-order valence-electron chi connectivity index (χ2n) is 9.49. The quantitative estimate of drug-likeness (QED) is 0.156. The smallest absolute Gasteiger partial charge is 0.345 e. The third-order valence-corrected chi connectivity index (χ3v) is 8.20. The van der Waals surface area contributed by atoms with Crippen molar-refractivity contribution in [2.24, 2.45) is 5.18 Å². The Morgan fingerprint density at radius 1 is 1.22 bits per heavy atom. The van der Waals surface area contributed by atoms with Gasteiger partial charge < -0.3 is 35.4 Å². The van der Waals surface area contributed by atoms with Gasteiger partial charge in [0, 0.05) is 30.6 Å². The maximum absolute atomic E-state index is 12.7. The fourth-order valence-electron chi connectivity index (χ4n) is 4.44. The van der Waals surface area contributed by atoms with Crippen molar-refractivity contribution in [2.75, 3.05) is 24.7 Å². The van der Waals surface area contributed by atoms with E-state index >= 15 is 0 Å². The number of aliphatic hydroxyl groups excluding tert-OH is 3. The topological polar surface area (TPSA) is 184 Å². The number of thioether (sulfide) groups is 1. The lowest BCUT2D eigenvalue weighted by atomic mass is 9.88. The molecule has 224 valence electrons. The maximum atomic E-state index is 12.7. The number of ether oxygens (including phenoxy) is 2. The van der Waals surface area contributed by atoms with Crippen molar-refractivity contribution in [2.45, 2.75) is 62.9 Å². The first-order chi connectivity index (χ1) is 19.6. The summed E-state index contributed by atoms with van der Waals surface area (Å²) >= 11 is 3.19. The van der Waals surface area contributed by atoms with E-state index in [4.69, 9.17) is 9.47 Å². The van der Waals surface area contributed by atoms with Crippen LogP contribution in [0.4, 0.5) is 0 Å². The normalized spacial score (nSPS) is 23.8. The zero-order valence-corrected chi connectivity index (χ0v) is 24.4. The van der Waals surface area contributed by atoms with Crippen molar-refractivity contribution >= 4 is 40.8 Å². The monoisotopic (exact) mass is 609 g/mol. The second-order valence-corrected chi connectivity index (χ2v) is 11.7. The summed E-state index contributed by atoms with van der Waals surface area (Å²) in [6.45, 7) is 2.71. The van der Waals surface area contributed by atoms with Gasteiger partial charge in [-0.1, -0.05) is 19.1 Å². The summed E-state index contributed by atoms with van der Waals surface area (Å²) in [5.41, 5.74) is 2.28. The fourth-order valence-corrected chi connectivity index (χ4v) is 5.72. The van der Waals surface area contributed by atoms with Crippen LogP contribution in [0.15, 0.2) is 46.3 Å². The highest BCUT2D eigenvalue weighted by molar-refractivity contribution is 7.99. The predicted octanol–water partition coefficient (Wildman–Crippen LogP) is 1.67. The molecule has 2 aromatic rings. The summed E-state index contributed by atoms with van der Waals surface area (Å²) in [5.74, 6) is -3.20. The van der Waals surface area contributed by atoms with Gasteiger partial charge in [-0.2, -0.15) is 23.1 Å². The molecule has 1 aliphatic heterocycles. The highest BCUT2D eigenvalue weighted by Crippen LogP contribution is 2.34. The third kappa shape index (κ3) is 8.64. The molecule has 1 aliphatic rings. The number of nitrogens with zero attached hydrogens (tertiary/aromatic N) is 1. The molecule has 14 heteroatoms. The van der Waals surface area contributed by atoms with Crippen molar-refractivity contribution < 1.29 is 39.2 Å². The van der Waals surface area contributed by atoms with Crippen LogP contribution in [-0.4, -0.2) is 93.9 Å². The summed E-state index contributed by atoms with van der Waals surface area (Å²) < 4.78 is 11.4. The number of thiophene rings is 1. The van der Waals surface area contributed by atoms with Crippen LogP contribution in [0, 0.1) is 4.91 Å². The molecule has 0 saturated carbocycles. The number of benzene rings is 1. The zero-order chi connectivity index (χ0) is 30.0. The number of nitrogens with one attached hydrogen (secondary N) is 2. The largest absolute Gasteiger partial charge is 0.391 e. The maximum Gasteiger partial charge on any atom is 0.345 e. The number of hydrogen-bond donors (Lipinski definition) is 5. The molecule has 6 unspecified atom stereocenters. The average Bonchev–Trinajstić information content (AvgIpc) is 3.51. The van der Waals surface area contributed by atoms with Gasteiger partial charge in [0.05, 0.1) is 24.9 Å². The van der Waals surface area contributed by atoms with Gasteiger partial charge in [-0.25, -0.2) is 0 Å². The standard InChI is InChI=1S/C27H35N3O9S2/c1-3-40-11-4-10-38-27(26(36)30-37)13-20(32)22(29-16(2)31)24(39-27)23(34)21(33)14-28-25(35)18-7-5-17(6-8-18)19-9-12-41-15-19/h5-9,12,15,20-24,32-34H,3-4,10-11,13-14H2,1-2H3,(H,28,35)(H,29,31). The van der Waals surface area contributed by atoms with Gasteiger partial charge >= 0.3 is 5.91 Å². The number of carbonyl (C=O) groups excluding carboxylic acids is 3. The van der Waals surface area contributed by atoms with Crippen LogP contribution >= 0.6 is 23.1 Å². The molecule has 1 aromatic carbocycles. The number of hydrogen-bond acceptors (Lipinski definition) is 11. The van der Waals surface area contributed by atoms with Gasteiger partial charge in [0.15, 0.2) is 0 Å². The minimum Gasteiger partial charge on any atom is -0.391 e. The average molecular weight is 610 g/mol. The minimum atomic E-state index is -2.33. The second kappa shape index (κ2) is 15.5. The molecule has 2 heterocycles. The molecule has 1 saturated heterocycles. The van der Waals surface area contributed by atoms with Crippen molar-refractivity contribution in [3.05, 3.63) is 51.6 Å². The highest BCUT2D eigenvalue weighted by Gasteiger charge is 2.56. The molecule has 41 heavy (non-hydrogen) atoms. The molecule has 0 spiro atoms. The summed E-state index contributed by atoms with van der Waals surface area (Å²) in [6.07, 6.45) is -6.64. The first-order valence-electron chi connectivity index (χ1n) is 13.1. The number of nitroso groups, excluding NO2 is 1. The van der Waals surface area contributed by atoms with Crippen LogP contribution in [0.1, 0.15) is 37.0 Å². The molecule has 3 rings (SSSR count). The zero-order valence-electron chi connectivity index (χ0n) is 22.7. The fraction of sp³-hybridized carbons (Fsp3) is 0.519. The van der Waals surface area contributed by atoms with E-state index in [2.05, 4.69) is 15.8 Å². The molecule has 1 fully saturated rings. The van der Waals surface area contributed by atoms with Crippen molar-refractivity contribution in [3.63, 3.8) is 0 Å². The van der Waals surface area contributed by atoms with Gasteiger partial charge in [0.2, 0.25) is 5.91 Å². The number of carbonyl (C=O) groups is 3. The lowest BCUT2D eigenvalue weighted by molar-refractivity contribution is -0.301. The molecule has 1 aromatic heterocycles. The lowest BCUT2D eigenvalue weighted by Gasteiger charge is -2.46. The molecule has 0 aliphatic carbocycles. The number of amides is 3. The summed E-state index contributed by atoms with van der Waals surface area (Å²) in [5, 5.41) is 44.0. The lowest BCUT2D eigenvalue weighted by Crippen LogP contribution is -2.68. The van der Waals surface area contributed by atoms with Crippen LogP contribution in [0.2, 0.25) is 0 Å². The summed E-state index contributed by atoms with van der Waals surface area (Å²) in [7, 11) is 0. The van der Waals surface area contributed by atoms with E-state index in [1.165, 1.54) is 6.92 Å². The Kier molecular flexibility index (Phi) is 12.4. The van der Waals surface area contributed by atoms with Crippen molar-refractivity contribution in [3.8, 4) is 11.1 Å². The molecule has 3 amide bonds. The Morgan fingerprint density at radius 3 is 2.56 bits per heavy atom. The third-order valence-electron chi connectivity index (χ3n) is 6.53. The van der Waals surface area contributed by atoms with Gasteiger partial charge in [0.1, 0.15) is 12.2 Å². The van der Waals surface area contributed by atoms with E-state index in [1.807, 2.05) is 23.8 Å². The Hall–Kier alpha value is -2.72. The van der Waals surface area contributed by atoms with Crippen LogP contribution in [0.5, 0.6) is 0 Å². The van der Waals surface area contributed by atoms with Crippen molar-refractivity contribution in [1.29, 1.82) is 0 Å². The van der Waals surface area contributed by atoms with Crippen LogP contribution < -0.4 is 10.6 Å². The Labute approximate surface area is 245 Å². The Bertz CT molecular complexity index is 1170. The van der Waals surface area contributed by atoms with E-state index in [9.17, 15) is 34.6 Å². The predicted molar refractivity (Wildman–Crippen MR) is 154 cm³/mol. The van der Waals surface area contributed by atoms with Crippen LogP contribution in [-0.2, 0) is 19.1 Å². The van der Waals surface area contributed by atoms with E-state index in [1.54, 1.807) is 47.4 Å². The van der Waals surface area contributed by atoms with Gasteiger partial charge in [0.25, 0.3) is 11.7 Å². The van der Waals surface area contributed by atoms with Crippen LogP contribution in [0.3, 0.4) is 0 Å².